The fourth-order valence-corrected chi connectivity index (χ4v) is 5.64. The Balaban J connectivity index is 1.23. The standard InChI is InChI=1S/C26H31N5O3S/c1-3-34-20-8-9-22-21(16-20)18(2)27-26(28-22)31-10-4-6-19(17-31)24(32)29-11-13-30(14-12-29)25(33)23-7-5-15-35-23/h5,7-9,15-16,19H,3-4,6,10-14,17H2,1-2H3. The molecule has 0 N–H and O–H groups in total. The Bertz CT molecular complexity index is 1210. The number of hydrogen-bond donors (Lipinski definition) is 0. The summed E-state index contributed by atoms with van der Waals surface area (Å²) in [6.07, 6.45) is 1.80. The first-order valence-electron chi connectivity index (χ1n) is 12.3. The molecule has 1 atom stereocenters. The lowest BCUT2D eigenvalue weighted by atomic mass is 9.96. The molecule has 0 saturated carbocycles. The first-order valence-corrected chi connectivity index (χ1v) is 13.2. The van der Waals surface area contributed by atoms with E-state index in [1.165, 1.54) is 11.3 Å². The van der Waals surface area contributed by atoms with Gasteiger partial charge in [0.15, 0.2) is 0 Å². The number of aryl methyl sites for hydroxylation is 1. The second-order valence-electron chi connectivity index (χ2n) is 9.10. The van der Waals surface area contributed by atoms with E-state index in [0.717, 1.165) is 46.6 Å². The smallest absolute Gasteiger partial charge is 0.264 e. The fraction of sp³-hybridized carbons (Fsp3) is 0.462. The molecule has 0 aliphatic carbocycles. The third kappa shape index (κ3) is 4.96. The molecule has 2 amide bonds. The summed E-state index contributed by atoms with van der Waals surface area (Å²) in [6.45, 7) is 8.37. The van der Waals surface area contributed by atoms with Gasteiger partial charge in [-0.3, -0.25) is 9.59 Å². The highest BCUT2D eigenvalue weighted by Gasteiger charge is 2.33. The number of piperidine rings is 1. The summed E-state index contributed by atoms with van der Waals surface area (Å²) in [7, 11) is 0. The first kappa shape index (κ1) is 23.5. The molecule has 4 heterocycles. The quantitative estimate of drug-likeness (QED) is 0.541. The molecule has 35 heavy (non-hydrogen) atoms. The summed E-state index contributed by atoms with van der Waals surface area (Å²) >= 11 is 1.46. The Kier molecular flexibility index (Phi) is 6.86. The van der Waals surface area contributed by atoms with Crippen LogP contribution in [0.25, 0.3) is 10.9 Å². The Labute approximate surface area is 209 Å². The number of piperazine rings is 1. The van der Waals surface area contributed by atoms with E-state index in [4.69, 9.17) is 14.7 Å². The number of benzene rings is 1. The van der Waals surface area contributed by atoms with Crippen molar-refractivity contribution in [3.63, 3.8) is 0 Å². The minimum Gasteiger partial charge on any atom is -0.494 e. The first-order chi connectivity index (χ1) is 17.0. The van der Waals surface area contributed by atoms with Crippen LogP contribution in [-0.2, 0) is 4.79 Å². The number of amides is 2. The monoisotopic (exact) mass is 493 g/mol. The van der Waals surface area contributed by atoms with Crippen LogP contribution in [0.1, 0.15) is 35.1 Å². The molecule has 0 bridgehead atoms. The van der Waals surface area contributed by atoms with Crippen molar-refractivity contribution < 1.29 is 14.3 Å². The van der Waals surface area contributed by atoms with Gasteiger partial charge in [0.25, 0.3) is 5.91 Å². The molecular formula is C26H31N5O3S. The zero-order valence-corrected chi connectivity index (χ0v) is 21.1. The summed E-state index contributed by atoms with van der Waals surface area (Å²) in [5, 5.41) is 2.90. The molecule has 0 radical (unpaired) electrons. The van der Waals surface area contributed by atoms with Gasteiger partial charge < -0.3 is 19.4 Å². The minimum atomic E-state index is -0.0803. The van der Waals surface area contributed by atoms with Crippen LogP contribution in [0.5, 0.6) is 5.75 Å². The molecule has 1 aromatic carbocycles. The third-order valence-electron chi connectivity index (χ3n) is 6.82. The van der Waals surface area contributed by atoms with E-state index in [1.54, 1.807) is 0 Å². The van der Waals surface area contributed by atoms with Gasteiger partial charge in [-0.1, -0.05) is 6.07 Å². The number of hydrogen-bond acceptors (Lipinski definition) is 7. The summed E-state index contributed by atoms with van der Waals surface area (Å²) < 4.78 is 5.62. The van der Waals surface area contributed by atoms with E-state index in [0.29, 0.717) is 45.3 Å². The van der Waals surface area contributed by atoms with Crippen molar-refractivity contribution in [1.29, 1.82) is 0 Å². The van der Waals surface area contributed by atoms with Crippen LogP contribution in [0.15, 0.2) is 35.7 Å². The molecular weight excluding hydrogens is 462 g/mol. The predicted molar refractivity (Wildman–Crippen MR) is 137 cm³/mol. The van der Waals surface area contributed by atoms with Crippen LogP contribution in [0.3, 0.4) is 0 Å². The Hall–Kier alpha value is -3.20. The number of ether oxygens (including phenoxy) is 1. The summed E-state index contributed by atoms with van der Waals surface area (Å²) in [5.41, 5.74) is 1.79. The normalized spacial score (nSPS) is 18.7. The number of aromatic nitrogens is 2. The molecule has 9 heteroatoms. The van der Waals surface area contributed by atoms with Gasteiger partial charge in [-0.15, -0.1) is 11.3 Å². The number of anilines is 1. The Morgan fingerprint density at radius 3 is 2.63 bits per heavy atom. The van der Waals surface area contributed by atoms with Crippen molar-refractivity contribution >= 4 is 40.0 Å². The maximum Gasteiger partial charge on any atom is 0.264 e. The van der Waals surface area contributed by atoms with E-state index in [1.807, 2.05) is 59.4 Å². The molecule has 184 valence electrons. The zero-order valence-electron chi connectivity index (χ0n) is 20.3. The highest BCUT2D eigenvalue weighted by molar-refractivity contribution is 7.12. The van der Waals surface area contributed by atoms with E-state index in [-0.39, 0.29) is 17.7 Å². The third-order valence-corrected chi connectivity index (χ3v) is 7.68. The number of thiophene rings is 1. The predicted octanol–water partition coefficient (Wildman–Crippen LogP) is 3.60. The van der Waals surface area contributed by atoms with Crippen molar-refractivity contribution in [2.45, 2.75) is 26.7 Å². The van der Waals surface area contributed by atoms with E-state index < -0.39 is 0 Å². The topological polar surface area (TPSA) is 78.9 Å². The average Bonchev–Trinajstić information content (AvgIpc) is 3.44. The number of carbonyl (C=O) groups excluding carboxylic acids is 2. The van der Waals surface area contributed by atoms with Gasteiger partial charge in [0.05, 0.1) is 28.6 Å². The molecule has 3 aromatic rings. The van der Waals surface area contributed by atoms with E-state index >= 15 is 0 Å². The second kappa shape index (κ2) is 10.2. The van der Waals surface area contributed by atoms with Crippen LogP contribution in [0.4, 0.5) is 5.95 Å². The largest absolute Gasteiger partial charge is 0.494 e. The SMILES string of the molecule is CCOc1ccc2nc(N3CCCC(C(=O)N4CCN(C(=O)c5cccs5)CC4)C3)nc(C)c2c1. The average molecular weight is 494 g/mol. The molecule has 2 aromatic heterocycles. The minimum absolute atomic E-state index is 0.0631. The second-order valence-corrected chi connectivity index (χ2v) is 10.0. The Morgan fingerprint density at radius 1 is 1.09 bits per heavy atom. The van der Waals surface area contributed by atoms with Gasteiger partial charge in [0.1, 0.15) is 5.75 Å². The van der Waals surface area contributed by atoms with Crippen molar-refractivity contribution in [3.05, 3.63) is 46.3 Å². The van der Waals surface area contributed by atoms with Gasteiger partial charge in [0.2, 0.25) is 11.9 Å². The maximum absolute atomic E-state index is 13.4. The summed E-state index contributed by atoms with van der Waals surface area (Å²) in [5.74, 6) is 1.66. The Morgan fingerprint density at radius 2 is 1.89 bits per heavy atom. The van der Waals surface area contributed by atoms with Crippen molar-refractivity contribution in [1.82, 2.24) is 19.8 Å². The molecule has 5 rings (SSSR count). The van der Waals surface area contributed by atoms with E-state index in [9.17, 15) is 9.59 Å². The van der Waals surface area contributed by atoms with Crippen molar-refractivity contribution in [2.24, 2.45) is 5.92 Å². The van der Waals surface area contributed by atoms with Gasteiger partial charge in [-0.25, -0.2) is 9.97 Å². The van der Waals surface area contributed by atoms with E-state index in [2.05, 4.69) is 4.90 Å². The van der Waals surface area contributed by atoms with Crippen LogP contribution in [0, 0.1) is 12.8 Å². The highest BCUT2D eigenvalue weighted by Crippen LogP contribution is 2.27. The zero-order chi connectivity index (χ0) is 24.4. The molecule has 1 unspecified atom stereocenters. The fourth-order valence-electron chi connectivity index (χ4n) is 4.95. The summed E-state index contributed by atoms with van der Waals surface area (Å²) in [6, 6.07) is 9.65. The lowest BCUT2D eigenvalue weighted by Gasteiger charge is -2.39. The number of carbonyl (C=O) groups is 2. The van der Waals surface area contributed by atoms with Crippen LogP contribution in [-0.4, -0.2) is 77.5 Å². The molecule has 2 saturated heterocycles. The van der Waals surface area contributed by atoms with Crippen molar-refractivity contribution in [2.75, 3.05) is 50.8 Å². The van der Waals surface area contributed by atoms with Gasteiger partial charge in [-0.05, 0) is 56.3 Å². The maximum atomic E-state index is 13.4. The number of nitrogens with zero attached hydrogens (tertiary/aromatic N) is 5. The molecule has 8 nitrogen and oxygen atoms in total. The molecule has 2 aliphatic heterocycles. The highest BCUT2D eigenvalue weighted by atomic mass is 32.1. The van der Waals surface area contributed by atoms with Gasteiger partial charge >= 0.3 is 0 Å². The molecule has 2 aliphatic rings. The lowest BCUT2D eigenvalue weighted by molar-refractivity contribution is -0.137. The number of fused-ring (bicyclic) bond motifs is 1. The van der Waals surface area contributed by atoms with Gasteiger partial charge in [-0.2, -0.15) is 0 Å². The van der Waals surface area contributed by atoms with Crippen molar-refractivity contribution in [3.8, 4) is 5.75 Å². The van der Waals surface area contributed by atoms with Crippen LogP contribution in [0.2, 0.25) is 0 Å². The molecule has 2 fully saturated rings. The van der Waals surface area contributed by atoms with Gasteiger partial charge in [0, 0.05) is 44.7 Å². The molecule has 0 spiro atoms. The lowest BCUT2D eigenvalue weighted by Crippen LogP contribution is -2.53. The van der Waals surface area contributed by atoms with Crippen LogP contribution < -0.4 is 9.64 Å². The number of rotatable bonds is 5. The van der Waals surface area contributed by atoms with Crippen LogP contribution >= 0.6 is 11.3 Å². The summed E-state index contributed by atoms with van der Waals surface area (Å²) in [4.78, 5) is 42.2.